The van der Waals surface area contributed by atoms with Crippen LogP contribution in [0.3, 0.4) is 0 Å². The first-order chi connectivity index (χ1) is 14.9. The third-order valence-corrected chi connectivity index (χ3v) is 6.69. The van der Waals surface area contributed by atoms with Crippen LogP contribution in [0.25, 0.3) is 11.3 Å². The van der Waals surface area contributed by atoms with Gasteiger partial charge in [0.25, 0.3) is 5.91 Å². The molecule has 3 aromatic heterocycles. The van der Waals surface area contributed by atoms with Gasteiger partial charge in [0.2, 0.25) is 0 Å². The summed E-state index contributed by atoms with van der Waals surface area (Å²) >= 11 is 2.86. The van der Waals surface area contributed by atoms with E-state index in [1.165, 1.54) is 39.8 Å². The van der Waals surface area contributed by atoms with Crippen molar-refractivity contribution in [2.75, 3.05) is 5.32 Å². The number of amides is 1. The number of nitrogens with zero attached hydrogens (tertiary/aromatic N) is 3. The van der Waals surface area contributed by atoms with Crippen molar-refractivity contribution in [2.45, 2.75) is 38.5 Å². The number of thiazole rings is 1. The Hall–Kier alpha value is -2.97. The van der Waals surface area contributed by atoms with E-state index >= 15 is 0 Å². The molecule has 4 rings (SSSR count). The van der Waals surface area contributed by atoms with Crippen LogP contribution in [0, 0.1) is 27.7 Å². The first-order valence-electron chi connectivity index (χ1n) is 9.76. The molecule has 0 spiro atoms. The highest BCUT2D eigenvalue weighted by molar-refractivity contribution is 7.98. The van der Waals surface area contributed by atoms with Crippen molar-refractivity contribution in [3.8, 4) is 11.3 Å². The lowest BCUT2D eigenvalue weighted by atomic mass is 9.99. The van der Waals surface area contributed by atoms with E-state index in [1.807, 2.05) is 18.4 Å². The molecule has 0 aliphatic heterocycles. The summed E-state index contributed by atoms with van der Waals surface area (Å²) in [6, 6.07) is 9.71. The second kappa shape index (κ2) is 9.03. The quantitative estimate of drug-likeness (QED) is 0.364. The summed E-state index contributed by atoms with van der Waals surface area (Å²) in [6.45, 7) is 8.12. The minimum absolute atomic E-state index is 0.232. The molecule has 0 saturated heterocycles. The molecule has 31 heavy (non-hydrogen) atoms. The number of nitrogens with one attached hydrogen (secondary N) is 1. The van der Waals surface area contributed by atoms with Crippen LogP contribution in [0.5, 0.6) is 0 Å². The fraction of sp³-hybridized carbons (Fsp3) is 0.217. The third kappa shape index (κ3) is 4.86. The first kappa shape index (κ1) is 21.3. The van der Waals surface area contributed by atoms with Gasteiger partial charge in [-0.15, -0.1) is 11.3 Å². The summed E-state index contributed by atoms with van der Waals surface area (Å²) in [7, 11) is 0. The Kier molecular flexibility index (Phi) is 6.20. The molecule has 8 heteroatoms. The Morgan fingerprint density at radius 3 is 2.71 bits per heavy atom. The molecular weight excluding hydrogens is 428 g/mol. The highest BCUT2D eigenvalue weighted by atomic mass is 32.2. The highest BCUT2D eigenvalue weighted by Crippen LogP contribution is 2.30. The van der Waals surface area contributed by atoms with E-state index in [2.05, 4.69) is 53.3 Å². The number of rotatable bonds is 6. The molecule has 1 aromatic carbocycles. The Bertz CT molecular complexity index is 1250. The maximum atomic E-state index is 12.9. The predicted molar refractivity (Wildman–Crippen MR) is 125 cm³/mol. The van der Waals surface area contributed by atoms with Crippen molar-refractivity contribution in [2.24, 2.45) is 0 Å². The minimum atomic E-state index is -0.232. The summed E-state index contributed by atoms with van der Waals surface area (Å²) in [5.41, 5.74) is 6.91. The number of aryl methyl sites for hydroxylation is 4. The van der Waals surface area contributed by atoms with E-state index in [0.717, 1.165) is 22.7 Å². The van der Waals surface area contributed by atoms with Crippen molar-refractivity contribution in [1.29, 1.82) is 0 Å². The molecule has 6 nitrogen and oxygen atoms in total. The molecule has 158 valence electrons. The van der Waals surface area contributed by atoms with Gasteiger partial charge in [-0.05, 0) is 62.6 Å². The zero-order valence-corrected chi connectivity index (χ0v) is 19.4. The van der Waals surface area contributed by atoms with E-state index in [9.17, 15) is 4.79 Å². The molecule has 0 atom stereocenters. The smallest absolute Gasteiger partial charge is 0.260 e. The Morgan fingerprint density at radius 2 is 1.94 bits per heavy atom. The van der Waals surface area contributed by atoms with Crippen LogP contribution in [0.4, 0.5) is 5.13 Å². The molecule has 1 amide bonds. The molecule has 0 aliphatic rings. The Labute approximate surface area is 189 Å². The van der Waals surface area contributed by atoms with Crippen LogP contribution in [0.15, 0.2) is 51.5 Å². The highest BCUT2D eigenvalue weighted by Gasteiger charge is 2.16. The van der Waals surface area contributed by atoms with Gasteiger partial charge in [-0.2, -0.15) is 0 Å². The Balaban J connectivity index is 1.50. The zero-order valence-electron chi connectivity index (χ0n) is 17.7. The van der Waals surface area contributed by atoms with Gasteiger partial charge in [0.1, 0.15) is 10.8 Å². The summed E-state index contributed by atoms with van der Waals surface area (Å²) < 4.78 is 5.10. The summed E-state index contributed by atoms with van der Waals surface area (Å²) in [5, 5.41) is 10.1. The van der Waals surface area contributed by atoms with Crippen LogP contribution < -0.4 is 5.32 Å². The van der Waals surface area contributed by atoms with Gasteiger partial charge in [-0.3, -0.25) is 10.1 Å². The topological polar surface area (TPSA) is 80.9 Å². The molecule has 0 fully saturated rings. The van der Waals surface area contributed by atoms with Crippen LogP contribution in [-0.4, -0.2) is 21.0 Å². The maximum Gasteiger partial charge on any atom is 0.260 e. The number of benzene rings is 1. The fourth-order valence-corrected chi connectivity index (χ4v) is 4.74. The monoisotopic (exact) mass is 450 g/mol. The second-order valence-corrected chi connectivity index (χ2v) is 9.14. The van der Waals surface area contributed by atoms with Gasteiger partial charge in [-0.25, -0.2) is 9.97 Å². The lowest BCUT2D eigenvalue weighted by molar-refractivity contribution is 0.102. The number of pyridine rings is 1. The number of carbonyl (C=O) groups is 1. The molecule has 0 unspecified atom stereocenters. The molecule has 0 bridgehead atoms. The summed E-state index contributed by atoms with van der Waals surface area (Å²) in [5.74, 6) is 1.10. The minimum Gasteiger partial charge on any atom is -0.361 e. The predicted octanol–water partition coefficient (Wildman–Crippen LogP) is 5.97. The standard InChI is InChI=1S/C23H22N4O2S2/c1-13-8-15(3)19(9-14(13)2)20-12-31-23(25-20)26-21(28)18-6-5-7-24-22(18)30-11-17-10-16(4)29-27-17/h5-10,12H,11H2,1-4H3,(H,25,26,28). The van der Waals surface area contributed by atoms with Crippen LogP contribution in [-0.2, 0) is 5.75 Å². The van der Waals surface area contributed by atoms with Crippen LogP contribution in [0.1, 0.15) is 38.5 Å². The molecule has 0 aliphatic carbocycles. The number of thioether (sulfide) groups is 1. The molecule has 1 N–H and O–H groups in total. The van der Waals surface area contributed by atoms with E-state index in [-0.39, 0.29) is 5.91 Å². The largest absolute Gasteiger partial charge is 0.361 e. The summed E-state index contributed by atoms with van der Waals surface area (Å²) in [6.07, 6.45) is 1.68. The number of aromatic nitrogens is 3. The average molecular weight is 451 g/mol. The first-order valence-corrected chi connectivity index (χ1v) is 11.6. The van der Waals surface area contributed by atoms with E-state index in [4.69, 9.17) is 4.52 Å². The number of carbonyl (C=O) groups excluding carboxylic acids is 1. The number of hydrogen-bond acceptors (Lipinski definition) is 7. The van der Waals surface area contributed by atoms with Crippen LogP contribution in [0.2, 0.25) is 0 Å². The number of anilines is 1. The second-order valence-electron chi connectivity index (χ2n) is 7.32. The zero-order chi connectivity index (χ0) is 22.0. The van der Waals surface area contributed by atoms with Gasteiger partial charge in [0.05, 0.1) is 17.0 Å². The van der Waals surface area contributed by atoms with Gasteiger partial charge >= 0.3 is 0 Å². The van der Waals surface area contributed by atoms with Crippen molar-refractivity contribution in [1.82, 2.24) is 15.1 Å². The molecule has 0 saturated carbocycles. The summed E-state index contributed by atoms with van der Waals surface area (Å²) in [4.78, 5) is 21.9. The lowest BCUT2D eigenvalue weighted by Crippen LogP contribution is -2.13. The molecule has 0 radical (unpaired) electrons. The SMILES string of the molecule is Cc1cc(CSc2ncccc2C(=O)Nc2nc(-c3cc(C)c(C)cc3C)cs2)no1. The van der Waals surface area contributed by atoms with Gasteiger partial charge < -0.3 is 4.52 Å². The van der Waals surface area contributed by atoms with Gasteiger partial charge in [0.15, 0.2) is 5.13 Å². The van der Waals surface area contributed by atoms with Crippen molar-refractivity contribution >= 4 is 34.1 Å². The molecule has 3 heterocycles. The lowest BCUT2D eigenvalue weighted by Gasteiger charge is -2.08. The Morgan fingerprint density at radius 1 is 1.13 bits per heavy atom. The third-order valence-electron chi connectivity index (χ3n) is 4.89. The van der Waals surface area contributed by atoms with Crippen LogP contribution >= 0.6 is 23.1 Å². The van der Waals surface area contributed by atoms with Crippen molar-refractivity contribution in [3.05, 3.63) is 75.6 Å². The van der Waals surface area contributed by atoms with E-state index in [0.29, 0.717) is 21.5 Å². The van der Waals surface area contributed by atoms with Gasteiger partial charge in [-0.1, -0.05) is 23.0 Å². The van der Waals surface area contributed by atoms with Gasteiger partial charge in [0, 0.05) is 29.0 Å². The average Bonchev–Trinajstić information content (AvgIpc) is 3.38. The normalized spacial score (nSPS) is 11.0. The van der Waals surface area contributed by atoms with Crippen molar-refractivity contribution in [3.63, 3.8) is 0 Å². The van der Waals surface area contributed by atoms with E-state index in [1.54, 1.807) is 18.3 Å². The van der Waals surface area contributed by atoms with E-state index < -0.39 is 0 Å². The maximum absolute atomic E-state index is 12.9. The fourth-order valence-electron chi connectivity index (χ4n) is 3.16. The molecule has 4 aromatic rings. The molecular formula is C23H22N4O2S2. The number of hydrogen-bond donors (Lipinski definition) is 1. The van der Waals surface area contributed by atoms with Crippen molar-refractivity contribution < 1.29 is 9.32 Å².